The Morgan fingerprint density at radius 2 is 1.77 bits per heavy atom. The number of fused-ring (bicyclic) bond motifs is 3. The molecule has 6 nitrogen and oxygen atoms in total. The van der Waals surface area contributed by atoms with Crippen molar-refractivity contribution in [2.24, 2.45) is 0 Å². The second-order valence-corrected chi connectivity index (χ2v) is 6.42. The normalized spacial score (nSPS) is 13.8. The average Bonchev–Trinajstić information content (AvgIpc) is 3.32. The Morgan fingerprint density at radius 3 is 2.65 bits per heavy atom. The number of aromatic nitrogens is 4. The molecule has 5 rings (SSSR count). The van der Waals surface area contributed by atoms with Crippen LogP contribution in [0.1, 0.15) is 16.3 Å². The quantitative estimate of drug-likeness (QED) is 0.562. The highest BCUT2D eigenvalue weighted by atomic mass is 16.2. The Balaban J connectivity index is 1.41. The zero-order valence-electron chi connectivity index (χ0n) is 14.1. The van der Waals surface area contributed by atoms with Gasteiger partial charge in [-0.2, -0.15) is 0 Å². The largest absolute Gasteiger partial charge is 0.341 e. The summed E-state index contributed by atoms with van der Waals surface area (Å²) in [5.74, 6) is 0.106. The minimum Gasteiger partial charge on any atom is -0.341 e. The van der Waals surface area contributed by atoms with E-state index in [4.69, 9.17) is 0 Å². The third kappa shape index (κ3) is 2.38. The van der Waals surface area contributed by atoms with Crippen molar-refractivity contribution in [1.82, 2.24) is 24.2 Å². The molecule has 0 bridgehead atoms. The van der Waals surface area contributed by atoms with Gasteiger partial charge in [-0.05, 0) is 29.7 Å². The molecule has 128 valence electrons. The molecule has 1 amide bonds. The fraction of sp³-hybridized carbons (Fsp3) is 0.150. The average molecular weight is 343 g/mol. The van der Waals surface area contributed by atoms with Gasteiger partial charge in [-0.25, -0.2) is 9.67 Å². The lowest BCUT2D eigenvalue weighted by Gasteiger charge is -2.28. The van der Waals surface area contributed by atoms with Crippen LogP contribution in [0.2, 0.25) is 0 Å². The Bertz CT molecular complexity index is 1100. The van der Waals surface area contributed by atoms with Crippen molar-refractivity contribution >= 4 is 16.8 Å². The van der Waals surface area contributed by atoms with Gasteiger partial charge in [-0.3, -0.25) is 4.79 Å². The number of hydrogen-bond donors (Lipinski definition) is 0. The van der Waals surface area contributed by atoms with Crippen molar-refractivity contribution in [3.8, 4) is 5.69 Å². The molecule has 2 aromatic heterocycles. The van der Waals surface area contributed by atoms with E-state index >= 15 is 0 Å². The molecule has 0 unspecified atom stereocenters. The molecule has 6 heteroatoms. The van der Waals surface area contributed by atoms with Crippen molar-refractivity contribution < 1.29 is 4.79 Å². The maximum absolute atomic E-state index is 12.8. The van der Waals surface area contributed by atoms with E-state index in [-0.39, 0.29) is 11.7 Å². The number of amides is 1. The van der Waals surface area contributed by atoms with Gasteiger partial charge in [0.2, 0.25) is 5.82 Å². The lowest BCUT2D eigenvalue weighted by atomic mass is 10.2. The van der Waals surface area contributed by atoms with E-state index in [0.717, 1.165) is 17.9 Å². The smallest absolute Gasteiger partial charge is 0.293 e. The van der Waals surface area contributed by atoms with Crippen LogP contribution in [0.3, 0.4) is 0 Å². The molecule has 1 aliphatic rings. The molecular formula is C20H17N5O. The molecular weight excluding hydrogens is 326 g/mol. The first-order valence-electron chi connectivity index (χ1n) is 8.63. The number of nitrogens with zero attached hydrogens (tertiary/aromatic N) is 5. The summed E-state index contributed by atoms with van der Waals surface area (Å²) in [6, 6.07) is 20.2. The maximum atomic E-state index is 12.8. The first-order chi connectivity index (χ1) is 12.8. The number of carbonyl (C=O) groups is 1. The molecule has 2 aromatic carbocycles. The van der Waals surface area contributed by atoms with Gasteiger partial charge in [0.25, 0.3) is 5.91 Å². The maximum Gasteiger partial charge on any atom is 0.293 e. The second-order valence-electron chi connectivity index (χ2n) is 6.42. The van der Waals surface area contributed by atoms with Crippen LogP contribution < -0.4 is 0 Å². The van der Waals surface area contributed by atoms with Gasteiger partial charge in [-0.15, -0.1) is 5.10 Å². The summed E-state index contributed by atoms with van der Waals surface area (Å²) in [6.45, 7) is 2.02. The van der Waals surface area contributed by atoms with Gasteiger partial charge in [0.1, 0.15) is 6.33 Å². The molecule has 1 aliphatic heterocycles. The van der Waals surface area contributed by atoms with Gasteiger partial charge in [0.15, 0.2) is 0 Å². The first-order valence-corrected chi connectivity index (χ1v) is 8.63. The van der Waals surface area contributed by atoms with E-state index in [0.29, 0.717) is 13.1 Å². The topological polar surface area (TPSA) is 56.0 Å². The van der Waals surface area contributed by atoms with Gasteiger partial charge in [-0.1, -0.05) is 36.4 Å². The fourth-order valence-corrected chi connectivity index (χ4v) is 3.54. The van der Waals surface area contributed by atoms with Crippen LogP contribution in [0.5, 0.6) is 0 Å². The third-order valence-electron chi connectivity index (χ3n) is 4.83. The highest BCUT2D eigenvalue weighted by Gasteiger charge is 2.25. The molecule has 0 saturated carbocycles. The number of rotatable bonds is 2. The monoisotopic (exact) mass is 343 g/mol. The minimum absolute atomic E-state index is 0.129. The molecule has 3 heterocycles. The highest BCUT2D eigenvalue weighted by molar-refractivity contribution is 5.90. The lowest BCUT2D eigenvalue weighted by Crippen LogP contribution is -2.38. The van der Waals surface area contributed by atoms with Crippen LogP contribution in [-0.4, -0.2) is 36.7 Å². The first kappa shape index (κ1) is 14.9. The molecule has 0 N–H and O–H groups in total. The summed E-state index contributed by atoms with van der Waals surface area (Å²) < 4.78 is 3.92. The Morgan fingerprint density at radius 1 is 0.962 bits per heavy atom. The van der Waals surface area contributed by atoms with E-state index in [1.807, 2.05) is 47.4 Å². The van der Waals surface area contributed by atoms with Crippen LogP contribution in [0.15, 0.2) is 67.0 Å². The summed E-state index contributed by atoms with van der Waals surface area (Å²) >= 11 is 0. The molecule has 0 aliphatic carbocycles. The van der Waals surface area contributed by atoms with E-state index in [2.05, 4.69) is 32.8 Å². The second kappa shape index (κ2) is 5.84. The summed E-state index contributed by atoms with van der Waals surface area (Å²) in [7, 11) is 0. The van der Waals surface area contributed by atoms with E-state index in [1.54, 1.807) is 11.0 Å². The molecule has 0 atom stereocenters. The number of hydrogen-bond acceptors (Lipinski definition) is 3. The van der Waals surface area contributed by atoms with Crippen molar-refractivity contribution in [2.75, 3.05) is 6.54 Å². The van der Waals surface area contributed by atoms with Crippen LogP contribution >= 0.6 is 0 Å². The Hall–Kier alpha value is -3.41. The van der Waals surface area contributed by atoms with Crippen molar-refractivity contribution in [2.45, 2.75) is 13.1 Å². The van der Waals surface area contributed by atoms with E-state index < -0.39 is 0 Å². The van der Waals surface area contributed by atoms with Crippen molar-refractivity contribution in [3.05, 3.63) is 78.5 Å². The summed E-state index contributed by atoms with van der Waals surface area (Å²) in [5.41, 5.74) is 3.26. The number of benzene rings is 2. The standard InChI is InChI=1S/C20H17N5O/c26-20(19-21-14-25(22-19)16-7-2-1-3-8-16)23-10-11-24-17(13-23)12-15-6-4-5-9-18(15)24/h1-9,12,14H,10-11,13H2. The fourth-order valence-electron chi connectivity index (χ4n) is 3.54. The van der Waals surface area contributed by atoms with Crippen LogP contribution in [-0.2, 0) is 13.1 Å². The van der Waals surface area contributed by atoms with Crippen LogP contribution in [0.25, 0.3) is 16.6 Å². The van der Waals surface area contributed by atoms with Gasteiger partial charge in [0, 0.05) is 24.3 Å². The van der Waals surface area contributed by atoms with Crippen molar-refractivity contribution in [3.63, 3.8) is 0 Å². The summed E-state index contributed by atoms with van der Waals surface area (Å²) in [4.78, 5) is 18.9. The molecule has 26 heavy (non-hydrogen) atoms. The third-order valence-corrected chi connectivity index (χ3v) is 4.83. The summed E-state index contributed by atoms with van der Waals surface area (Å²) in [6.07, 6.45) is 1.59. The Labute approximate surface area is 150 Å². The Kier molecular flexibility index (Phi) is 3.35. The van der Waals surface area contributed by atoms with Crippen molar-refractivity contribution in [1.29, 1.82) is 0 Å². The molecule has 0 spiro atoms. The predicted molar refractivity (Wildman–Crippen MR) is 98.0 cm³/mol. The van der Waals surface area contributed by atoms with Gasteiger partial charge < -0.3 is 9.47 Å². The molecule has 0 saturated heterocycles. The minimum atomic E-state index is -0.129. The van der Waals surface area contributed by atoms with Gasteiger partial charge in [0.05, 0.1) is 12.2 Å². The number of carbonyl (C=O) groups excluding carboxylic acids is 1. The SMILES string of the molecule is O=C(c1ncn(-c2ccccc2)n1)N1CCn2c(cc3ccccc32)C1. The van der Waals surface area contributed by atoms with Gasteiger partial charge >= 0.3 is 0 Å². The number of para-hydroxylation sites is 2. The van der Waals surface area contributed by atoms with Crippen LogP contribution in [0, 0.1) is 0 Å². The predicted octanol–water partition coefficient (Wildman–Crippen LogP) is 2.88. The molecule has 4 aromatic rings. The highest BCUT2D eigenvalue weighted by Crippen LogP contribution is 2.24. The summed E-state index contributed by atoms with van der Waals surface area (Å²) in [5, 5.41) is 5.57. The van der Waals surface area contributed by atoms with Crippen LogP contribution in [0.4, 0.5) is 0 Å². The lowest BCUT2D eigenvalue weighted by molar-refractivity contribution is 0.0700. The molecule has 0 radical (unpaired) electrons. The zero-order valence-corrected chi connectivity index (χ0v) is 14.1. The zero-order chi connectivity index (χ0) is 17.5. The van der Waals surface area contributed by atoms with E-state index in [1.165, 1.54) is 10.9 Å². The molecule has 0 fully saturated rings. The van der Waals surface area contributed by atoms with E-state index in [9.17, 15) is 4.79 Å².